The average Bonchev–Trinajstić information content (AvgIpc) is 3.48. The Hall–Kier alpha value is -4.33. The molecule has 0 aliphatic carbocycles. The van der Waals surface area contributed by atoms with E-state index >= 15 is 0 Å². The van der Waals surface area contributed by atoms with Gasteiger partial charge in [0.25, 0.3) is 0 Å². The predicted molar refractivity (Wildman–Crippen MR) is 119 cm³/mol. The lowest BCUT2D eigenvalue weighted by Crippen LogP contribution is -2.31. The lowest BCUT2D eigenvalue weighted by Gasteiger charge is -2.25. The molecule has 0 spiro atoms. The zero-order valence-corrected chi connectivity index (χ0v) is 17.5. The SMILES string of the molecule is O=C(OCc1ccncc1)N1Cc2c([nH]c3ccccc3c2=O)[C@H]1c1ccc2c(c1)OCO2. The van der Waals surface area contributed by atoms with Gasteiger partial charge in [0.05, 0.1) is 12.2 Å². The molecule has 4 heterocycles. The van der Waals surface area contributed by atoms with E-state index < -0.39 is 12.1 Å². The monoisotopic (exact) mass is 441 g/mol. The fraction of sp³-hybridized carbons (Fsp3) is 0.160. The minimum atomic E-state index is -0.531. The van der Waals surface area contributed by atoms with Crippen LogP contribution in [0.4, 0.5) is 4.79 Å². The van der Waals surface area contributed by atoms with Gasteiger partial charge in [-0.3, -0.25) is 14.7 Å². The summed E-state index contributed by atoms with van der Waals surface area (Å²) in [6.07, 6.45) is 2.78. The standard InChI is InChI=1S/C25H19N3O5/c29-24-17-3-1-2-4-19(17)27-22-18(24)12-28(25(30)31-13-15-7-9-26-10-8-15)23(22)16-5-6-20-21(11-16)33-14-32-20/h1-11,23H,12-14H2,(H,27,29)/t23-/m1/s1. The number of carbonyl (C=O) groups excluding carboxylic acids is 1. The highest BCUT2D eigenvalue weighted by atomic mass is 16.7. The van der Waals surface area contributed by atoms with E-state index in [9.17, 15) is 9.59 Å². The molecule has 8 heteroatoms. The molecule has 8 nitrogen and oxygen atoms in total. The van der Waals surface area contributed by atoms with Gasteiger partial charge in [-0.05, 0) is 47.5 Å². The van der Waals surface area contributed by atoms with E-state index in [2.05, 4.69) is 9.97 Å². The summed E-state index contributed by atoms with van der Waals surface area (Å²) in [5.41, 5.74) is 3.49. The number of nitrogens with one attached hydrogen (secondary N) is 1. The fourth-order valence-electron chi connectivity index (χ4n) is 4.41. The molecule has 0 saturated heterocycles. The van der Waals surface area contributed by atoms with Gasteiger partial charge in [-0.1, -0.05) is 18.2 Å². The van der Waals surface area contributed by atoms with E-state index in [0.717, 1.165) is 16.6 Å². The molecule has 164 valence electrons. The number of rotatable bonds is 3. The first-order valence-corrected chi connectivity index (χ1v) is 10.5. The molecule has 4 aromatic rings. The molecule has 0 bridgehead atoms. The zero-order valence-electron chi connectivity index (χ0n) is 17.5. The Labute approximate surface area is 188 Å². The molecule has 2 aliphatic rings. The van der Waals surface area contributed by atoms with Crippen molar-refractivity contribution in [3.8, 4) is 11.5 Å². The number of pyridine rings is 2. The minimum absolute atomic E-state index is 0.0884. The Kier molecular flexibility index (Phi) is 4.50. The number of aromatic amines is 1. The molecule has 2 aliphatic heterocycles. The number of ether oxygens (including phenoxy) is 3. The molecule has 2 aromatic carbocycles. The molecule has 1 amide bonds. The maximum absolute atomic E-state index is 13.3. The topological polar surface area (TPSA) is 93.8 Å². The lowest BCUT2D eigenvalue weighted by molar-refractivity contribution is 0.0883. The van der Waals surface area contributed by atoms with E-state index in [4.69, 9.17) is 14.2 Å². The second kappa shape index (κ2) is 7.67. The van der Waals surface area contributed by atoms with E-state index in [1.807, 2.05) is 36.4 Å². The van der Waals surface area contributed by atoms with E-state index in [1.54, 1.807) is 35.5 Å². The maximum Gasteiger partial charge on any atom is 0.411 e. The van der Waals surface area contributed by atoms with Crippen molar-refractivity contribution in [3.05, 3.63) is 99.6 Å². The number of para-hydroxylation sites is 1. The van der Waals surface area contributed by atoms with Crippen LogP contribution in [-0.2, 0) is 17.9 Å². The number of hydrogen-bond acceptors (Lipinski definition) is 6. The number of aromatic nitrogens is 2. The van der Waals surface area contributed by atoms with E-state index in [-0.39, 0.29) is 25.4 Å². The quantitative estimate of drug-likeness (QED) is 0.518. The van der Waals surface area contributed by atoms with Crippen LogP contribution in [0, 0.1) is 0 Å². The Morgan fingerprint density at radius 1 is 1.09 bits per heavy atom. The Morgan fingerprint density at radius 3 is 2.79 bits per heavy atom. The average molecular weight is 441 g/mol. The number of carbonyl (C=O) groups is 1. The smallest absolute Gasteiger partial charge is 0.411 e. The first kappa shape index (κ1) is 19.4. The van der Waals surface area contributed by atoms with E-state index in [0.29, 0.717) is 28.1 Å². The molecular weight excluding hydrogens is 422 g/mol. The summed E-state index contributed by atoms with van der Waals surface area (Å²) in [5, 5.41) is 0.590. The summed E-state index contributed by atoms with van der Waals surface area (Å²) in [5.74, 6) is 1.25. The molecule has 0 unspecified atom stereocenters. The Bertz CT molecular complexity index is 1430. The van der Waals surface area contributed by atoms with Crippen molar-refractivity contribution in [1.29, 1.82) is 0 Å². The highest BCUT2D eigenvalue weighted by Crippen LogP contribution is 2.41. The fourth-order valence-corrected chi connectivity index (χ4v) is 4.41. The molecule has 1 atom stereocenters. The van der Waals surface area contributed by atoms with Crippen LogP contribution in [0.5, 0.6) is 11.5 Å². The normalized spacial score (nSPS) is 16.1. The van der Waals surface area contributed by atoms with Gasteiger partial charge in [-0.25, -0.2) is 4.79 Å². The second-order valence-corrected chi connectivity index (χ2v) is 7.95. The summed E-state index contributed by atoms with van der Waals surface area (Å²) in [6.45, 7) is 0.404. The Morgan fingerprint density at radius 2 is 1.91 bits per heavy atom. The molecule has 0 radical (unpaired) electrons. The van der Waals surface area contributed by atoms with Gasteiger partial charge in [0, 0.05) is 28.9 Å². The maximum atomic E-state index is 13.3. The molecule has 0 fully saturated rings. The van der Waals surface area contributed by atoms with Crippen molar-refractivity contribution in [2.45, 2.75) is 19.2 Å². The van der Waals surface area contributed by atoms with Crippen LogP contribution in [-0.4, -0.2) is 27.8 Å². The minimum Gasteiger partial charge on any atom is -0.454 e. The zero-order chi connectivity index (χ0) is 22.4. The summed E-state index contributed by atoms with van der Waals surface area (Å²) in [7, 11) is 0. The number of nitrogens with zero attached hydrogens (tertiary/aromatic N) is 2. The highest BCUT2D eigenvalue weighted by Gasteiger charge is 2.39. The summed E-state index contributed by atoms with van der Waals surface area (Å²) in [6, 6.07) is 15.9. The van der Waals surface area contributed by atoms with Crippen molar-refractivity contribution < 1.29 is 19.0 Å². The number of fused-ring (bicyclic) bond motifs is 3. The van der Waals surface area contributed by atoms with Gasteiger partial charge in [-0.15, -0.1) is 0 Å². The van der Waals surface area contributed by atoms with Crippen LogP contribution in [0.2, 0.25) is 0 Å². The van der Waals surface area contributed by atoms with Gasteiger partial charge >= 0.3 is 6.09 Å². The first-order valence-electron chi connectivity index (χ1n) is 10.5. The largest absolute Gasteiger partial charge is 0.454 e. The molecular formula is C25H19N3O5. The molecule has 33 heavy (non-hydrogen) atoms. The van der Waals surface area contributed by atoms with Crippen molar-refractivity contribution in [3.63, 3.8) is 0 Å². The van der Waals surface area contributed by atoms with Gasteiger partial charge in [-0.2, -0.15) is 0 Å². The predicted octanol–water partition coefficient (Wildman–Crippen LogP) is 3.89. The lowest BCUT2D eigenvalue weighted by atomic mass is 10.0. The van der Waals surface area contributed by atoms with Crippen LogP contribution >= 0.6 is 0 Å². The van der Waals surface area contributed by atoms with Crippen molar-refractivity contribution in [2.24, 2.45) is 0 Å². The number of amides is 1. The van der Waals surface area contributed by atoms with Crippen LogP contribution < -0.4 is 14.9 Å². The molecule has 2 aromatic heterocycles. The second-order valence-electron chi connectivity index (χ2n) is 7.95. The third kappa shape index (κ3) is 3.27. The number of benzene rings is 2. The van der Waals surface area contributed by atoms with Gasteiger partial charge in [0.2, 0.25) is 6.79 Å². The van der Waals surface area contributed by atoms with E-state index in [1.165, 1.54) is 0 Å². The van der Waals surface area contributed by atoms with Crippen LogP contribution in [0.15, 0.2) is 71.8 Å². The molecule has 6 rings (SSSR count). The van der Waals surface area contributed by atoms with Crippen LogP contribution in [0.1, 0.15) is 28.4 Å². The van der Waals surface area contributed by atoms with Gasteiger partial charge < -0.3 is 19.2 Å². The number of H-pyrrole nitrogens is 1. The van der Waals surface area contributed by atoms with Crippen molar-refractivity contribution >= 4 is 17.0 Å². The van der Waals surface area contributed by atoms with Crippen molar-refractivity contribution in [1.82, 2.24) is 14.9 Å². The molecule has 0 saturated carbocycles. The third-order valence-corrected chi connectivity index (χ3v) is 6.01. The summed E-state index contributed by atoms with van der Waals surface area (Å²) >= 11 is 0. The molecule has 1 N–H and O–H groups in total. The van der Waals surface area contributed by atoms with Gasteiger partial charge in [0.1, 0.15) is 12.6 Å². The third-order valence-electron chi connectivity index (χ3n) is 6.01. The number of hydrogen-bond donors (Lipinski definition) is 1. The van der Waals surface area contributed by atoms with Gasteiger partial charge in [0.15, 0.2) is 16.9 Å². The highest BCUT2D eigenvalue weighted by molar-refractivity contribution is 5.81. The summed E-state index contributed by atoms with van der Waals surface area (Å²) in [4.78, 5) is 35.5. The van der Waals surface area contributed by atoms with Crippen molar-refractivity contribution in [2.75, 3.05) is 6.79 Å². The summed E-state index contributed by atoms with van der Waals surface area (Å²) < 4.78 is 16.6. The van der Waals surface area contributed by atoms with Crippen LogP contribution in [0.3, 0.4) is 0 Å². The van der Waals surface area contributed by atoms with Crippen LogP contribution in [0.25, 0.3) is 10.9 Å². The first-order chi connectivity index (χ1) is 16.2. The Balaban J connectivity index is 1.42.